The minimum atomic E-state index is -3.86. The Labute approximate surface area is 202 Å². The van der Waals surface area contributed by atoms with Gasteiger partial charge >= 0.3 is 0 Å². The lowest BCUT2D eigenvalue weighted by Crippen LogP contribution is -2.54. The van der Waals surface area contributed by atoms with Crippen molar-refractivity contribution in [3.8, 4) is 0 Å². The topological polar surface area (TPSA) is 104 Å². The number of carbonyl (C=O) groups excluding carboxylic acids is 3. The molecule has 9 heteroatoms. The molecule has 0 heterocycles. The molecular formula is C25H33N3O5S. The van der Waals surface area contributed by atoms with Crippen molar-refractivity contribution in [2.24, 2.45) is 0 Å². The minimum absolute atomic E-state index is 0.128. The van der Waals surface area contributed by atoms with Crippen molar-refractivity contribution in [2.75, 3.05) is 17.1 Å². The molecule has 1 N–H and O–H groups in total. The van der Waals surface area contributed by atoms with Crippen molar-refractivity contribution in [3.05, 3.63) is 65.7 Å². The number of hydrogen-bond donors (Lipinski definition) is 1. The molecule has 0 bridgehead atoms. The normalized spacial score (nSPS) is 12.5. The summed E-state index contributed by atoms with van der Waals surface area (Å²) in [4.78, 5) is 39.5. The summed E-state index contributed by atoms with van der Waals surface area (Å²) in [6.07, 6.45) is 0.998. The number of hydrogen-bond acceptors (Lipinski definition) is 5. The van der Waals surface area contributed by atoms with E-state index in [1.165, 1.54) is 24.0 Å². The van der Waals surface area contributed by atoms with Crippen LogP contribution < -0.4 is 9.62 Å². The van der Waals surface area contributed by atoms with Gasteiger partial charge in [0.15, 0.2) is 5.78 Å². The second kappa shape index (κ2) is 10.8. The van der Waals surface area contributed by atoms with Crippen LogP contribution in [0, 0.1) is 0 Å². The second-order valence-electron chi connectivity index (χ2n) is 9.30. The summed E-state index contributed by atoms with van der Waals surface area (Å²) in [6.45, 7) is 8.13. The van der Waals surface area contributed by atoms with Crippen LogP contribution in [0.4, 0.5) is 5.69 Å². The molecule has 1 atom stereocenters. The second-order valence-corrected chi connectivity index (χ2v) is 11.2. The summed E-state index contributed by atoms with van der Waals surface area (Å²) in [5, 5.41) is 2.87. The van der Waals surface area contributed by atoms with Gasteiger partial charge < -0.3 is 10.2 Å². The average molecular weight is 488 g/mol. The van der Waals surface area contributed by atoms with E-state index >= 15 is 0 Å². The van der Waals surface area contributed by atoms with Crippen LogP contribution in [-0.4, -0.2) is 55.3 Å². The van der Waals surface area contributed by atoms with Gasteiger partial charge in [0.05, 0.1) is 11.9 Å². The van der Waals surface area contributed by atoms with Gasteiger partial charge in [0.25, 0.3) is 0 Å². The highest BCUT2D eigenvalue weighted by atomic mass is 32.2. The van der Waals surface area contributed by atoms with Crippen LogP contribution in [0.2, 0.25) is 0 Å². The molecule has 0 saturated heterocycles. The number of nitrogens with one attached hydrogen (secondary N) is 1. The van der Waals surface area contributed by atoms with Gasteiger partial charge in [-0.05, 0) is 52.3 Å². The smallest absolute Gasteiger partial charge is 0.244 e. The molecule has 2 aromatic rings. The fraction of sp³-hybridized carbons (Fsp3) is 0.400. The van der Waals surface area contributed by atoms with E-state index in [9.17, 15) is 22.8 Å². The number of amides is 2. The summed E-state index contributed by atoms with van der Waals surface area (Å²) >= 11 is 0. The van der Waals surface area contributed by atoms with E-state index in [0.29, 0.717) is 5.56 Å². The van der Waals surface area contributed by atoms with Crippen LogP contribution >= 0.6 is 0 Å². The SMILES string of the molecule is CC(=O)c1cccc(N(CC(=O)N(Cc2ccccc2)[C@@H](C)C(=O)NC(C)(C)C)S(C)(=O)=O)c1. The lowest BCUT2D eigenvalue weighted by molar-refractivity contribution is -0.140. The first kappa shape index (κ1) is 27.0. The van der Waals surface area contributed by atoms with Crippen molar-refractivity contribution in [2.45, 2.75) is 52.7 Å². The minimum Gasteiger partial charge on any atom is -0.350 e. The van der Waals surface area contributed by atoms with Crippen LogP contribution in [0.15, 0.2) is 54.6 Å². The van der Waals surface area contributed by atoms with Gasteiger partial charge in [-0.1, -0.05) is 42.5 Å². The molecule has 2 rings (SSSR count). The first-order valence-corrected chi connectivity index (χ1v) is 12.8. The summed E-state index contributed by atoms with van der Waals surface area (Å²) in [5.41, 5.74) is 0.835. The molecule has 2 aromatic carbocycles. The van der Waals surface area contributed by atoms with Crippen molar-refractivity contribution in [1.29, 1.82) is 0 Å². The number of Topliss-reactive ketones (excluding diaryl/α,β-unsaturated/α-hetero) is 1. The third-order valence-electron chi connectivity index (χ3n) is 5.08. The van der Waals surface area contributed by atoms with Gasteiger partial charge in [-0.3, -0.25) is 18.7 Å². The number of ketones is 1. The van der Waals surface area contributed by atoms with Crippen molar-refractivity contribution in [3.63, 3.8) is 0 Å². The molecule has 8 nitrogen and oxygen atoms in total. The van der Waals surface area contributed by atoms with Crippen LogP contribution in [-0.2, 0) is 26.2 Å². The summed E-state index contributed by atoms with van der Waals surface area (Å²) in [6, 6.07) is 14.4. The van der Waals surface area contributed by atoms with Gasteiger partial charge in [0.2, 0.25) is 21.8 Å². The van der Waals surface area contributed by atoms with Crippen molar-refractivity contribution >= 4 is 33.3 Å². The Bertz CT molecular complexity index is 1140. The highest BCUT2D eigenvalue weighted by Gasteiger charge is 2.31. The largest absolute Gasteiger partial charge is 0.350 e. The fourth-order valence-electron chi connectivity index (χ4n) is 3.33. The highest BCUT2D eigenvalue weighted by molar-refractivity contribution is 7.92. The Hall–Kier alpha value is -3.20. The van der Waals surface area contributed by atoms with Gasteiger partial charge in [-0.2, -0.15) is 0 Å². The molecule has 0 aliphatic rings. The van der Waals surface area contributed by atoms with E-state index in [-0.39, 0.29) is 23.9 Å². The summed E-state index contributed by atoms with van der Waals surface area (Å²) < 4.78 is 26.2. The van der Waals surface area contributed by atoms with E-state index in [4.69, 9.17) is 0 Å². The van der Waals surface area contributed by atoms with Crippen LogP contribution in [0.25, 0.3) is 0 Å². The molecule has 0 aliphatic heterocycles. The highest BCUT2D eigenvalue weighted by Crippen LogP contribution is 2.21. The van der Waals surface area contributed by atoms with Gasteiger partial charge in [-0.15, -0.1) is 0 Å². The third kappa shape index (κ3) is 7.69. The molecule has 0 fully saturated rings. The Morgan fingerprint density at radius 2 is 1.62 bits per heavy atom. The Balaban J connectivity index is 2.42. The van der Waals surface area contributed by atoms with Gasteiger partial charge in [0, 0.05) is 17.6 Å². The molecule has 34 heavy (non-hydrogen) atoms. The Kier molecular flexibility index (Phi) is 8.61. The molecule has 0 saturated carbocycles. The Morgan fingerprint density at radius 1 is 1.00 bits per heavy atom. The van der Waals surface area contributed by atoms with E-state index in [0.717, 1.165) is 16.1 Å². The molecule has 0 aliphatic carbocycles. The van der Waals surface area contributed by atoms with E-state index < -0.39 is 34.1 Å². The number of carbonyl (C=O) groups is 3. The molecule has 0 unspecified atom stereocenters. The average Bonchev–Trinajstić information content (AvgIpc) is 2.74. The predicted octanol–water partition coefficient (Wildman–Crippen LogP) is 2.99. The zero-order valence-corrected chi connectivity index (χ0v) is 21.3. The first-order valence-electron chi connectivity index (χ1n) is 10.9. The third-order valence-corrected chi connectivity index (χ3v) is 6.22. The maximum absolute atomic E-state index is 13.5. The van der Waals surface area contributed by atoms with E-state index in [2.05, 4.69) is 5.32 Å². The van der Waals surface area contributed by atoms with Crippen molar-refractivity contribution in [1.82, 2.24) is 10.2 Å². The fourth-order valence-corrected chi connectivity index (χ4v) is 4.17. The lowest BCUT2D eigenvalue weighted by Gasteiger charge is -2.33. The first-order chi connectivity index (χ1) is 15.7. The monoisotopic (exact) mass is 487 g/mol. The number of anilines is 1. The number of sulfonamides is 1. The summed E-state index contributed by atoms with van der Waals surface area (Å²) in [5.74, 6) is -1.11. The van der Waals surface area contributed by atoms with Crippen LogP contribution in [0.1, 0.15) is 50.5 Å². The maximum atomic E-state index is 13.5. The number of nitrogens with zero attached hydrogens (tertiary/aromatic N) is 2. The number of benzene rings is 2. The van der Waals surface area contributed by atoms with E-state index in [1.807, 2.05) is 51.1 Å². The number of rotatable bonds is 9. The lowest BCUT2D eigenvalue weighted by atomic mass is 10.1. The molecule has 2 amide bonds. The van der Waals surface area contributed by atoms with Crippen LogP contribution in [0.3, 0.4) is 0 Å². The maximum Gasteiger partial charge on any atom is 0.244 e. The van der Waals surface area contributed by atoms with Crippen LogP contribution in [0.5, 0.6) is 0 Å². The molecule has 184 valence electrons. The van der Waals surface area contributed by atoms with Gasteiger partial charge in [0.1, 0.15) is 12.6 Å². The van der Waals surface area contributed by atoms with Crippen molar-refractivity contribution < 1.29 is 22.8 Å². The molecular weight excluding hydrogens is 454 g/mol. The quantitative estimate of drug-likeness (QED) is 0.548. The van der Waals surface area contributed by atoms with E-state index in [1.54, 1.807) is 19.1 Å². The zero-order chi connectivity index (χ0) is 25.7. The predicted molar refractivity (Wildman–Crippen MR) is 133 cm³/mol. The Morgan fingerprint density at radius 3 is 2.15 bits per heavy atom. The molecule has 0 aromatic heterocycles. The summed E-state index contributed by atoms with van der Waals surface area (Å²) in [7, 11) is -3.86. The standard InChI is InChI=1S/C25H33N3O5S/c1-18(24(31)26-25(3,4)5)27(16-20-11-8-7-9-12-20)23(30)17-28(34(6,32)33)22-14-10-13-21(15-22)19(2)29/h7-15,18H,16-17H2,1-6H3,(H,26,31)/t18-/m0/s1. The molecule has 0 radical (unpaired) electrons. The van der Waals surface area contributed by atoms with Gasteiger partial charge in [-0.25, -0.2) is 8.42 Å². The zero-order valence-electron chi connectivity index (χ0n) is 20.5. The molecule has 0 spiro atoms.